The summed E-state index contributed by atoms with van der Waals surface area (Å²) >= 11 is 0. The van der Waals surface area contributed by atoms with Crippen molar-refractivity contribution in [3.05, 3.63) is 0 Å². The molecular weight excluding hydrogens is 162 g/mol. The van der Waals surface area contributed by atoms with Crippen molar-refractivity contribution >= 4 is 0 Å². The van der Waals surface area contributed by atoms with E-state index >= 15 is 0 Å². The van der Waals surface area contributed by atoms with Gasteiger partial charge in [0.2, 0.25) is 0 Å². The van der Waals surface area contributed by atoms with Crippen molar-refractivity contribution in [3.8, 4) is 0 Å². The lowest BCUT2D eigenvalue weighted by Crippen LogP contribution is -2.46. The van der Waals surface area contributed by atoms with E-state index in [1.165, 1.54) is 19.3 Å². The fourth-order valence-electron chi connectivity index (χ4n) is 1.83. The van der Waals surface area contributed by atoms with Crippen molar-refractivity contribution in [1.29, 1.82) is 0 Å². The molecule has 0 aromatic heterocycles. The van der Waals surface area contributed by atoms with Gasteiger partial charge < -0.3 is 10.1 Å². The number of rotatable bonds is 5. The van der Waals surface area contributed by atoms with Crippen LogP contribution in [0.2, 0.25) is 0 Å². The van der Waals surface area contributed by atoms with Gasteiger partial charge in [-0.1, -0.05) is 6.42 Å². The van der Waals surface area contributed by atoms with Gasteiger partial charge in [0.25, 0.3) is 0 Å². The van der Waals surface area contributed by atoms with E-state index in [4.69, 9.17) is 4.74 Å². The monoisotopic (exact) mass is 185 g/mol. The first kappa shape index (κ1) is 11.0. The number of hydrogen-bond donors (Lipinski definition) is 1. The lowest BCUT2D eigenvalue weighted by Gasteiger charge is -2.35. The molecule has 0 amide bonds. The highest BCUT2D eigenvalue weighted by molar-refractivity contribution is 4.82. The molecule has 0 spiro atoms. The molecule has 0 radical (unpaired) electrons. The Kier molecular flexibility index (Phi) is 4.20. The normalized spacial score (nSPS) is 24.9. The molecule has 0 aromatic rings. The number of methoxy groups -OCH3 is 1. The van der Waals surface area contributed by atoms with Gasteiger partial charge in [0.05, 0.1) is 6.10 Å². The van der Waals surface area contributed by atoms with Gasteiger partial charge in [-0.3, -0.25) is 0 Å². The topological polar surface area (TPSA) is 21.3 Å². The van der Waals surface area contributed by atoms with Crippen LogP contribution in [0, 0.1) is 5.92 Å². The fraction of sp³-hybridized carbons (Fsp3) is 1.00. The number of nitrogens with one attached hydrogen (secondary N) is 1. The van der Waals surface area contributed by atoms with Crippen molar-refractivity contribution < 1.29 is 4.74 Å². The minimum Gasteiger partial charge on any atom is -0.380 e. The molecule has 2 heteroatoms. The molecule has 2 nitrogen and oxygen atoms in total. The lowest BCUT2D eigenvalue weighted by molar-refractivity contribution is 0.0776. The van der Waals surface area contributed by atoms with Crippen LogP contribution in [-0.2, 0) is 4.74 Å². The number of hydrogen-bond acceptors (Lipinski definition) is 2. The highest BCUT2D eigenvalue weighted by Gasteiger charge is 2.25. The number of ether oxygens (including phenoxy) is 1. The van der Waals surface area contributed by atoms with E-state index in [1.54, 1.807) is 7.11 Å². The highest BCUT2D eigenvalue weighted by Crippen LogP contribution is 2.29. The maximum atomic E-state index is 5.28. The van der Waals surface area contributed by atoms with Crippen molar-refractivity contribution in [2.45, 2.75) is 58.2 Å². The molecule has 1 N–H and O–H groups in total. The molecule has 1 aliphatic rings. The average molecular weight is 185 g/mol. The second kappa shape index (κ2) is 4.97. The van der Waals surface area contributed by atoms with Crippen LogP contribution >= 0.6 is 0 Å². The van der Waals surface area contributed by atoms with Gasteiger partial charge in [-0.2, -0.15) is 0 Å². The molecule has 1 rings (SSSR count). The van der Waals surface area contributed by atoms with Gasteiger partial charge in [0.1, 0.15) is 0 Å². The molecule has 1 aliphatic carbocycles. The summed E-state index contributed by atoms with van der Waals surface area (Å²) in [6.07, 6.45) is 4.54. The van der Waals surface area contributed by atoms with E-state index in [0.717, 1.165) is 5.92 Å². The van der Waals surface area contributed by atoms with Gasteiger partial charge in [-0.15, -0.1) is 0 Å². The van der Waals surface area contributed by atoms with E-state index in [0.29, 0.717) is 18.2 Å². The average Bonchev–Trinajstić information content (AvgIpc) is 1.99. The fourth-order valence-corrected chi connectivity index (χ4v) is 1.83. The second-order valence-electron chi connectivity index (χ2n) is 4.38. The van der Waals surface area contributed by atoms with Gasteiger partial charge in [-0.05, 0) is 39.5 Å². The van der Waals surface area contributed by atoms with Crippen LogP contribution in [0.5, 0.6) is 0 Å². The molecular formula is C11H23NO. The Morgan fingerprint density at radius 2 is 1.85 bits per heavy atom. The second-order valence-corrected chi connectivity index (χ2v) is 4.38. The van der Waals surface area contributed by atoms with Crippen LogP contribution in [0.25, 0.3) is 0 Å². The first-order chi connectivity index (χ1) is 6.15. The maximum absolute atomic E-state index is 5.28. The third-order valence-electron chi connectivity index (χ3n) is 3.46. The molecule has 3 unspecified atom stereocenters. The summed E-state index contributed by atoms with van der Waals surface area (Å²) in [5, 5.41) is 3.61. The maximum Gasteiger partial charge on any atom is 0.0693 e. The van der Waals surface area contributed by atoms with E-state index in [2.05, 4.69) is 26.1 Å². The van der Waals surface area contributed by atoms with Crippen LogP contribution in [-0.4, -0.2) is 25.3 Å². The van der Waals surface area contributed by atoms with Gasteiger partial charge in [0, 0.05) is 19.2 Å². The Hall–Kier alpha value is -0.0800. The summed E-state index contributed by atoms with van der Waals surface area (Å²) in [7, 11) is 1.77. The van der Waals surface area contributed by atoms with Crippen molar-refractivity contribution in [1.82, 2.24) is 5.32 Å². The third kappa shape index (κ3) is 2.96. The SMILES string of the molecule is COC(C)C(C)NC(C)C1CCC1. The van der Waals surface area contributed by atoms with E-state index in [9.17, 15) is 0 Å². The van der Waals surface area contributed by atoms with Gasteiger partial charge >= 0.3 is 0 Å². The molecule has 0 aromatic carbocycles. The Balaban J connectivity index is 2.21. The zero-order valence-corrected chi connectivity index (χ0v) is 9.34. The highest BCUT2D eigenvalue weighted by atomic mass is 16.5. The predicted octanol–water partition coefficient (Wildman–Crippen LogP) is 2.19. The van der Waals surface area contributed by atoms with Crippen molar-refractivity contribution in [2.24, 2.45) is 5.92 Å². The molecule has 0 aliphatic heterocycles. The van der Waals surface area contributed by atoms with Gasteiger partial charge in [0.15, 0.2) is 0 Å². The van der Waals surface area contributed by atoms with E-state index in [1.807, 2.05) is 0 Å². The Morgan fingerprint density at radius 1 is 1.23 bits per heavy atom. The quantitative estimate of drug-likeness (QED) is 0.709. The van der Waals surface area contributed by atoms with Crippen LogP contribution < -0.4 is 5.32 Å². The van der Waals surface area contributed by atoms with Crippen LogP contribution in [0.4, 0.5) is 0 Å². The zero-order chi connectivity index (χ0) is 9.84. The minimum absolute atomic E-state index is 0.308. The molecule has 0 saturated heterocycles. The van der Waals surface area contributed by atoms with E-state index in [-0.39, 0.29) is 0 Å². The van der Waals surface area contributed by atoms with Crippen molar-refractivity contribution in [3.63, 3.8) is 0 Å². The molecule has 1 saturated carbocycles. The van der Waals surface area contributed by atoms with Crippen LogP contribution in [0.1, 0.15) is 40.0 Å². The molecule has 0 heterocycles. The molecule has 78 valence electrons. The summed E-state index contributed by atoms with van der Waals surface area (Å²) in [4.78, 5) is 0. The zero-order valence-electron chi connectivity index (χ0n) is 9.34. The first-order valence-corrected chi connectivity index (χ1v) is 5.44. The minimum atomic E-state index is 0.308. The molecule has 1 fully saturated rings. The largest absolute Gasteiger partial charge is 0.380 e. The van der Waals surface area contributed by atoms with Crippen LogP contribution in [0.3, 0.4) is 0 Å². The molecule has 0 bridgehead atoms. The summed E-state index contributed by atoms with van der Waals surface area (Å²) in [5.74, 6) is 0.909. The smallest absolute Gasteiger partial charge is 0.0693 e. The van der Waals surface area contributed by atoms with E-state index < -0.39 is 0 Å². The Labute approximate surface area is 82.0 Å². The summed E-state index contributed by atoms with van der Waals surface area (Å²) in [5.41, 5.74) is 0. The lowest BCUT2D eigenvalue weighted by atomic mass is 9.80. The van der Waals surface area contributed by atoms with Crippen molar-refractivity contribution in [2.75, 3.05) is 7.11 Å². The third-order valence-corrected chi connectivity index (χ3v) is 3.46. The first-order valence-electron chi connectivity index (χ1n) is 5.44. The van der Waals surface area contributed by atoms with Crippen LogP contribution in [0.15, 0.2) is 0 Å². The summed E-state index contributed by atoms with van der Waals surface area (Å²) in [6.45, 7) is 6.61. The summed E-state index contributed by atoms with van der Waals surface area (Å²) in [6, 6.07) is 1.11. The Bertz CT molecular complexity index is 136. The predicted molar refractivity (Wildman–Crippen MR) is 55.9 cm³/mol. The standard InChI is InChI=1S/C11H23NO/c1-8(10(3)13-4)12-9(2)11-6-5-7-11/h8-12H,5-7H2,1-4H3. The van der Waals surface area contributed by atoms with Gasteiger partial charge in [-0.25, -0.2) is 0 Å². The molecule has 13 heavy (non-hydrogen) atoms. The summed E-state index contributed by atoms with van der Waals surface area (Å²) < 4.78 is 5.28. The molecule has 3 atom stereocenters. The Morgan fingerprint density at radius 3 is 2.23 bits per heavy atom.